The van der Waals surface area contributed by atoms with Crippen LogP contribution in [0.5, 0.6) is 5.75 Å². The number of nitrogens with zero attached hydrogens (tertiary/aromatic N) is 1. The summed E-state index contributed by atoms with van der Waals surface area (Å²) < 4.78 is 36.8. The summed E-state index contributed by atoms with van der Waals surface area (Å²) >= 11 is 0. The molecule has 0 radical (unpaired) electrons. The van der Waals surface area contributed by atoms with Crippen molar-refractivity contribution >= 4 is 16.0 Å². The Balaban J connectivity index is 2.00. The number of morpholine rings is 1. The molecule has 1 saturated heterocycles. The highest BCUT2D eigenvalue weighted by molar-refractivity contribution is 7.89. The molecule has 2 rings (SSSR count). The molecule has 1 aromatic carbocycles. The van der Waals surface area contributed by atoms with E-state index in [-0.39, 0.29) is 31.2 Å². The van der Waals surface area contributed by atoms with Gasteiger partial charge in [0.1, 0.15) is 5.75 Å². The van der Waals surface area contributed by atoms with E-state index in [1.165, 1.54) is 4.31 Å². The highest BCUT2D eigenvalue weighted by atomic mass is 32.2. The molecule has 0 saturated carbocycles. The Hall–Kier alpha value is -1.64. The first-order valence-electron chi connectivity index (χ1n) is 7.37. The van der Waals surface area contributed by atoms with Crippen LogP contribution in [-0.4, -0.2) is 56.4 Å². The zero-order chi connectivity index (χ0) is 16.9. The first kappa shape index (κ1) is 17.7. The van der Waals surface area contributed by atoms with Crippen molar-refractivity contribution in [1.29, 1.82) is 0 Å². The maximum Gasteiger partial charge on any atom is 0.303 e. The molecule has 0 amide bonds. The van der Waals surface area contributed by atoms with E-state index < -0.39 is 16.0 Å². The third-order valence-corrected chi connectivity index (χ3v) is 5.63. The molecular formula is C15H21NO6S. The Morgan fingerprint density at radius 3 is 2.70 bits per heavy atom. The van der Waals surface area contributed by atoms with Crippen molar-refractivity contribution in [1.82, 2.24) is 4.31 Å². The third-order valence-electron chi connectivity index (χ3n) is 3.70. The van der Waals surface area contributed by atoms with Crippen LogP contribution in [0.1, 0.15) is 24.5 Å². The average Bonchev–Trinajstić information content (AvgIpc) is 2.54. The lowest BCUT2D eigenvalue weighted by Gasteiger charge is -2.32. The molecule has 1 aromatic rings. The van der Waals surface area contributed by atoms with Gasteiger partial charge in [0, 0.05) is 19.5 Å². The lowest BCUT2D eigenvalue weighted by atomic mass is 10.1. The Labute approximate surface area is 135 Å². The number of hydrogen-bond donors (Lipinski definition) is 1. The van der Waals surface area contributed by atoms with Crippen molar-refractivity contribution in [3.8, 4) is 5.75 Å². The second-order valence-corrected chi connectivity index (χ2v) is 7.39. The fourth-order valence-electron chi connectivity index (χ4n) is 2.43. The van der Waals surface area contributed by atoms with E-state index in [9.17, 15) is 13.2 Å². The number of rotatable bonds is 7. The summed E-state index contributed by atoms with van der Waals surface area (Å²) in [7, 11) is -1.89. The summed E-state index contributed by atoms with van der Waals surface area (Å²) in [5.41, 5.74) is 0.885. The number of ether oxygens (including phenoxy) is 2. The van der Waals surface area contributed by atoms with Gasteiger partial charge in [-0.1, -0.05) is 12.1 Å². The molecule has 1 N–H and O–H groups in total. The molecular weight excluding hydrogens is 322 g/mol. The van der Waals surface area contributed by atoms with E-state index in [1.807, 2.05) is 12.1 Å². The zero-order valence-electron chi connectivity index (χ0n) is 13.0. The summed E-state index contributed by atoms with van der Waals surface area (Å²) in [6.45, 7) is 0.846. The first-order chi connectivity index (χ1) is 10.9. The summed E-state index contributed by atoms with van der Waals surface area (Å²) in [6.07, 6.45) is -0.364. The van der Waals surface area contributed by atoms with Crippen LogP contribution >= 0.6 is 0 Å². The minimum atomic E-state index is -3.47. The molecule has 1 fully saturated rings. The molecule has 23 heavy (non-hydrogen) atoms. The number of methoxy groups -OCH3 is 1. The number of carboxylic acid groups (broad SMARTS) is 1. The maximum absolute atomic E-state index is 12.3. The van der Waals surface area contributed by atoms with Gasteiger partial charge in [-0.3, -0.25) is 4.79 Å². The highest BCUT2D eigenvalue weighted by Crippen LogP contribution is 2.25. The molecule has 1 aliphatic rings. The number of sulfonamides is 1. The topological polar surface area (TPSA) is 93.1 Å². The van der Waals surface area contributed by atoms with E-state index in [4.69, 9.17) is 14.6 Å². The van der Waals surface area contributed by atoms with Gasteiger partial charge in [0.25, 0.3) is 0 Å². The van der Waals surface area contributed by atoms with Crippen LogP contribution in [-0.2, 0) is 19.6 Å². The predicted molar refractivity (Wildman–Crippen MR) is 83.9 cm³/mol. The quantitative estimate of drug-likeness (QED) is 0.801. The van der Waals surface area contributed by atoms with Crippen LogP contribution in [0.4, 0.5) is 0 Å². The summed E-state index contributed by atoms with van der Waals surface area (Å²) in [5.74, 6) is -0.421. The second-order valence-electron chi connectivity index (χ2n) is 5.30. The predicted octanol–water partition coefficient (Wildman–Crippen LogP) is 1.26. The van der Waals surface area contributed by atoms with Crippen molar-refractivity contribution in [3.05, 3.63) is 29.8 Å². The van der Waals surface area contributed by atoms with Crippen LogP contribution in [0, 0.1) is 0 Å². The van der Waals surface area contributed by atoms with Crippen molar-refractivity contribution < 1.29 is 27.8 Å². The van der Waals surface area contributed by atoms with Gasteiger partial charge in [-0.25, -0.2) is 8.42 Å². The van der Waals surface area contributed by atoms with E-state index in [1.54, 1.807) is 19.2 Å². The average molecular weight is 343 g/mol. The fraction of sp³-hybridized carbons (Fsp3) is 0.533. The van der Waals surface area contributed by atoms with E-state index >= 15 is 0 Å². The minimum Gasteiger partial charge on any atom is -0.497 e. The highest BCUT2D eigenvalue weighted by Gasteiger charge is 2.30. The molecule has 0 bridgehead atoms. The summed E-state index contributed by atoms with van der Waals surface area (Å²) in [6, 6.07) is 7.31. The molecule has 0 aromatic heterocycles. The Morgan fingerprint density at radius 2 is 2.09 bits per heavy atom. The second kappa shape index (κ2) is 7.76. The smallest absolute Gasteiger partial charge is 0.303 e. The SMILES string of the molecule is COc1ccc(C2CN(S(=O)(=O)CCCC(=O)O)CCO2)cc1. The molecule has 1 heterocycles. The Bertz CT molecular complexity index is 628. The normalized spacial score (nSPS) is 19.4. The largest absolute Gasteiger partial charge is 0.497 e. The van der Waals surface area contributed by atoms with Crippen LogP contribution in [0.2, 0.25) is 0 Å². The molecule has 0 spiro atoms. The maximum atomic E-state index is 12.3. The molecule has 0 aliphatic carbocycles. The molecule has 1 aliphatic heterocycles. The van der Waals surface area contributed by atoms with Crippen molar-refractivity contribution in [2.24, 2.45) is 0 Å². The zero-order valence-corrected chi connectivity index (χ0v) is 13.8. The van der Waals surface area contributed by atoms with Gasteiger partial charge in [0.15, 0.2) is 0 Å². The third kappa shape index (κ3) is 4.92. The summed E-state index contributed by atoms with van der Waals surface area (Å²) in [4.78, 5) is 10.5. The van der Waals surface area contributed by atoms with Gasteiger partial charge in [0.05, 0.1) is 25.6 Å². The van der Waals surface area contributed by atoms with Crippen molar-refractivity contribution in [3.63, 3.8) is 0 Å². The van der Waals surface area contributed by atoms with Crippen molar-refractivity contribution in [2.45, 2.75) is 18.9 Å². The van der Waals surface area contributed by atoms with Gasteiger partial charge in [-0.05, 0) is 24.1 Å². The standard InChI is InChI=1S/C15H21NO6S/c1-21-13-6-4-12(5-7-13)14-11-16(8-9-22-14)23(19,20)10-2-3-15(17)18/h4-7,14H,2-3,8-11H2,1H3,(H,17,18). The number of hydrogen-bond acceptors (Lipinski definition) is 5. The minimum absolute atomic E-state index is 0.113. The van der Waals surface area contributed by atoms with Crippen LogP contribution in [0.3, 0.4) is 0 Å². The van der Waals surface area contributed by atoms with Gasteiger partial charge < -0.3 is 14.6 Å². The van der Waals surface area contributed by atoms with Crippen molar-refractivity contribution in [2.75, 3.05) is 32.6 Å². The monoisotopic (exact) mass is 343 g/mol. The Morgan fingerprint density at radius 1 is 1.39 bits per heavy atom. The van der Waals surface area contributed by atoms with E-state index in [0.717, 1.165) is 11.3 Å². The van der Waals surface area contributed by atoms with Gasteiger partial charge in [0.2, 0.25) is 10.0 Å². The summed E-state index contributed by atoms with van der Waals surface area (Å²) in [5, 5.41) is 8.62. The van der Waals surface area contributed by atoms with Crippen LogP contribution < -0.4 is 4.74 Å². The molecule has 1 unspecified atom stereocenters. The molecule has 8 heteroatoms. The molecule has 1 atom stereocenters. The van der Waals surface area contributed by atoms with E-state index in [0.29, 0.717) is 13.2 Å². The lowest BCUT2D eigenvalue weighted by Crippen LogP contribution is -2.43. The van der Waals surface area contributed by atoms with Gasteiger partial charge in [-0.15, -0.1) is 0 Å². The fourth-order valence-corrected chi connectivity index (χ4v) is 3.92. The molecule has 7 nitrogen and oxygen atoms in total. The van der Waals surface area contributed by atoms with Crippen LogP contribution in [0.25, 0.3) is 0 Å². The van der Waals surface area contributed by atoms with Gasteiger partial charge >= 0.3 is 5.97 Å². The first-order valence-corrected chi connectivity index (χ1v) is 8.98. The number of benzene rings is 1. The number of aliphatic carboxylic acids is 1. The number of carboxylic acids is 1. The lowest BCUT2D eigenvalue weighted by molar-refractivity contribution is -0.137. The molecule has 128 valence electrons. The van der Waals surface area contributed by atoms with Crippen LogP contribution in [0.15, 0.2) is 24.3 Å². The van der Waals surface area contributed by atoms with E-state index in [2.05, 4.69) is 0 Å². The number of carbonyl (C=O) groups is 1. The Kier molecular flexibility index (Phi) is 5.97. The van der Waals surface area contributed by atoms with Gasteiger partial charge in [-0.2, -0.15) is 4.31 Å².